The van der Waals surface area contributed by atoms with Crippen LogP contribution in [-0.2, 0) is 0 Å². The van der Waals surface area contributed by atoms with E-state index in [-0.39, 0.29) is 0 Å². The molecule has 1 N–H and O–H groups in total. The molecule has 0 amide bonds. The Morgan fingerprint density at radius 3 is 2.70 bits per heavy atom. The van der Waals surface area contributed by atoms with Gasteiger partial charge in [0.25, 0.3) is 0 Å². The summed E-state index contributed by atoms with van der Waals surface area (Å²) in [7, 11) is 0. The van der Waals surface area contributed by atoms with E-state index in [2.05, 4.69) is 76.1 Å². The third kappa shape index (κ3) is 3.71. The highest BCUT2D eigenvalue weighted by molar-refractivity contribution is 14.1. The SMILES string of the molecule is CCCNc1nc(-c2cc(Br)cs2)nc(C(C)C)c1I. The van der Waals surface area contributed by atoms with Crippen LogP contribution in [-0.4, -0.2) is 16.5 Å². The average molecular weight is 466 g/mol. The summed E-state index contributed by atoms with van der Waals surface area (Å²) >= 11 is 7.49. The van der Waals surface area contributed by atoms with Crippen molar-refractivity contribution in [3.8, 4) is 10.7 Å². The van der Waals surface area contributed by atoms with Crippen LogP contribution in [0.25, 0.3) is 10.7 Å². The molecule has 3 nitrogen and oxygen atoms in total. The van der Waals surface area contributed by atoms with E-state index >= 15 is 0 Å². The van der Waals surface area contributed by atoms with Crippen LogP contribution in [0.5, 0.6) is 0 Å². The minimum Gasteiger partial charge on any atom is -0.369 e. The van der Waals surface area contributed by atoms with Crippen molar-refractivity contribution in [3.05, 3.63) is 25.2 Å². The van der Waals surface area contributed by atoms with E-state index in [4.69, 9.17) is 9.97 Å². The quantitative estimate of drug-likeness (QED) is 0.591. The van der Waals surface area contributed by atoms with Crippen molar-refractivity contribution in [2.45, 2.75) is 33.1 Å². The van der Waals surface area contributed by atoms with Crippen molar-refractivity contribution in [2.75, 3.05) is 11.9 Å². The van der Waals surface area contributed by atoms with Gasteiger partial charge in [0.2, 0.25) is 0 Å². The molecule has 0 saturated carbocycles. The molecule has 0 aliphatic heterocycles. The molecule has 2 heterocycles. The first-order chi connectivity index (χ1) is 9.52. The van der Waals surface area contributed by atoms with Crippen LogP contribution in [0.1, 0.15) is 38.8 Å². The lowest BCUT2D eigenvalue weighted by atomic mass is 10.1. The van der Waals surface area contributed by atoms with Crippen LogP contribution in [0.2, 0.25) is 0 Å². The van der Waals surface area contributed by atoms with Gasteiger partial charge in [-0.15, -0.1) is 11.3 Å². The van der Waals surface area contributed by atoms with Gasteiger partial charge in [0.1, 0.15) is 5.82 Å². The second-order valence-electron chi connectivity index (χ2n) is 4.81. The van der Waals surface area contributed by atoms with E-state index in [1.807, 2.05) is 0 Å². The first kappa shape index (κ1) is 16.2. The summed E-state index contributed by atoms with van der Waals surface area (Å²) in [6, 6.07) is 2.07. The van der Waals surface area contributed by atoms with Gasteiger partial charge in [0, 0.05) is 16.4 Å². The summed E-state index contributed by atoms with van der Waals surface area (Å²) in [5.74, 6) is 2.14. The van der Waals surface area contributed by atoms with Crippen LogP contribution in [0.4, 0.5) is 5.82 Å². The largest absolute Gasteiger partial charge is 0.369 e. The Hall–Kier alpha value is -0.210. The van der Waals surface area contributed by atoms with Crippen molar-refractivity contribution in [1.29, 1.82) is 0 Å². The predicted molar refractivity (Wildman–Crippen MR) is 98.6 cm³/mol. The number of halogens is 2. The van der Waals surface area contributed by atoms with Gasteiger partial charge in [-0.25, -0.2) is 9.97 Å². The maximum Gasteiger partial charge on any atom is 0.171 e. The first-order valence-corrected chi connectivity index (χ1v) is 9.33. The standard InChI is InChI=1S/C14H17BrIN3S/c1-4-5-17-14-11(16)12(8(2)3)18-13(19-14)10-6-9(15)7-20-10/h6-8H,4-5H2,1-3H3,(H,17,18,19). The molecule has 108 valence electrons. The number of thiophene rings is 1. The van der Waals surface area contributed by atoms with Gasteiger partial charge < -0.3 is 5.32 Å². The molecule has 20 heavy (non-hydrogen) atoms. The summed E-state index contributed by atoms with van der Waals surface area (Å²) in [5.41, 5.74) is 1.11. The predicted octanol–water partition coefficient (Wildman–Crippen LogP) is 5.52. The molecular formula is C14H17BrIN3S. The Morgan fingerprint density at radius 2 is 2.15 bits per heavy atom. The van der Waals surface area contributed by atoms with E-state index in [9.17, 15) is 0 Å². The highest BCUT2D eigenvalue weighted by Crippen LogP contribution is 2.32. The normalized spacial score (nSPS) is 11.1. The number of aromatic nitrogens is 2. The molecule has 0 aliphatic carbocycles. The van der Waals surface area contributed by atoms with E-state index in [0.29, 0.717) is 5.92 Å². The van der Waals surface area contributed by atoms with Crippen LogP contribution >= 0.6 is 49.9 Å². The summed E-state index contributed by atoms with van der Waals surface area (Å²) in [6.45, 7) is 7.42. The molecule has 6 heteroatoms. The van der Waals surface area contributed by atoms with Crippen LogP contribution in [0.15, 0.2) is 15.9 Å². The highest BCUT2D eigenvalue weighted by atomic mass is 127. The third-order valence-corrected chi connectivity index (χ3v) is 5.50. The molecule has 0 atom stereocenters. The molecule has 2 aromatic rings. The van der Waals surface area contributed by atoms with Crippen molar-refractivity contribution in [3.63, 3.8) is 0 Å². The Bertz CT molecular complexity index is 598. The molecule has 0 fully saturated rings. The number of anilines is 1. The molecule has 0 aliphatic rings. The number of rotatable bonds is 5. The van der Waals surface area contributed by atoms with Gasteiger partial charge in [-0.3, -0.25) is 0 Å². The number of nitrogens with zero attached hydrogens (tertiary/aromatic N) is 2. The summed E-state index contributed by atoms with van der Waals surface area (Å²) in [4.78, 5) is 10.5. The van der Waals surface area contributed by atoms with Gasteiger partial charge in [-0.1, -0.05) is 20.8 Å². The minimum absolute atomic E-state index is 0.384. The van der Waals surface area contributed by atoms with Gasteiger partial charge in [-0.05, 0) is 56.9 Å². The lowest BCUT2D eigenvalue weighted by Gasteiger charge is -2.14. The van der Waals surface area contributed by atoms with Crippen LogP contribution in [0, 0.1) is 3.57 Å². The van der Waals surface area contributed by atoms with Crippen molar-refractivity contribution < 1.29 is 0 Å². The summed E-state index contributed by atoms with van der Waals surface area (Å²) < 4.78 is 2.21. The van der Waals surface area contributed by atoms with Crippen molar-refractivity contribution in [1.82, 2.24) is 9.97 Å². The second-order valence-corrected chi connectivity index (χ2v) is 7.71. The molecule has 0 bridgehead atoms. The molecular weight excluding hydrogens is 449 g/mol. The average Bonchev–Trinajstić information content (AvgIpc) is 2.84. The number of hydrogen-bond donors (Lipinski definition) is 1. The summed E-state index contributed by atoms with van der Waals surface area (Å²) in [5, 5.41) is 5.47. The lowest BCUT2D eigenvalue weighted by molar-refractivity contribution is 0.808. The minimum atomic E-state index is 0.384. The summed E-state index contributed by atoms with van der Waals surface area (Å²) in [6.07, 6.45) is 1.08. The van der Waals surface area contributed by atoms with Crippen LogP contribution < -0.4 is 5.32 Å². The Kier molecular flexibility index (Phi) is 5.80. The van der Waals surface area contributed by atoms with Crippen molar-refractivity contribution >= 4 is 55.7 Å². The Morgan fingerprint density at radius 1 is 1.40 bits per heavy atom. The van der Waals surface area contributed by atoms with Gasteiger partial charge in [-0.2, -0.15) is 0 Å². The second kappa shape index (κ2) is 7.17. The maximum absolute atomic E-state index is 4.76. The maximum atomic E-state index is 4.76. The topological polar surface area (TPSA) is 37.8 Å². The van der Waals surface area contributed by atoms with Gasteiger partial charge in [0.15, 0.2) is 5.82 Å². The Balaban J connectivity index is 2.49. The van der Waals surface area contributed by atoms with Gasteiger partial charge >= 0.3 is 0 Å². The zero-order chi connectivity index (χ0) is 14.7. The fraction of sp³-hybridized carbons (Fsp3) is 0.429. The van der Waals surface area contributed by atoms with E-state index in [0.717, 1.165) is 43.2 Å². The smallest absolute Gasteiger partial charge is 0.171 e. The molecule has 0 radical (unpaired) electrons. The van der Waals surface area contributed by atoms with Crippen molar-refractivity contribution in [2.24, 2.45) is 0 Å². The fourth-order valence-electron chi connectivity index (χ4n) is 1.75. The third-order valence-electron chi connectivity index (χ3n) is 2.75. The van der Waals surface area contributed by atoms with Crippen LogP contribution in [0.3, 0.4) is 0 Å². The number of nitrogens with one attached hydrogen (secondary N) is 1. The monoisotopic (exact) mass is 465 g/mol. The van der Waals surface area contributed by atoms with E-state index in [1.165, 1.54) is 0 Å². The molecule has 0 spiro atoms. The molecule has 2 rings (SSSR count). The lowest BCUT2D eigenvalue weighted by Crippen LogP contribution is -2.09. The fourth-order valence-corrected chi connectivity index (χ4v) is 4.16. The Labute approximate surface area is 145 Å². The molecule has 2 aromatic heterocycles. The first-order valence-electron chi connectivity index (χ1n) is 6.58. The zero-order valence-corrected chi connectivity index (χ0v) is 16.3. The number of hydrogen-bond acceptors (Lipinski definition) is 4. The zero-order valence-electron chi connectivity index (χ0n) is 11.7. The van der Waals surface area contributed by atoms with E-state index < -0.39 is 0 Å². The molecule has 0 aromatic carbocycles. The molecule has 0 saturated heterocycles. The van der Waals surface area contributed by atoms with E-state index in [1.54, 1.807) is 11.3 Å². The highest BCUT2D eigenvalue weighted by Gasteiger charge is 2.16. The molecule has 0 unspecified atom stereocenters. The van der Waals surface area contributed by atoms with Gasteiger partial charge in [0.05, 0.1) is 14.1 Å².